The van der Waals surface area contributed by atoms with Crippen LogP contribution in [0.15, 0.2) is 36.4 Å². The summed E-state index contributed by atoms with van der Waals surface area (Å²) in [6.45, 7) is 2.91. The summed E-state index contributed by atoms with van der Waals surface area (Å²) in [5, 5.41) is 9.23. The van der Waals surface area contributed by atoms with Crippen molar-refractivity contribution in [1.29, 1.82) is 5.26 Å². The van der Waals surface area contributed by atoms with Gasteiger partial charge >= 0.3 is 0 Å². The molecular weight excluding hydrogens is 284 g/mol. The lowest BCUT2D eigenvalue weighted by atomic mass is 10.0. The van der Waals surface area contributed by atoms with E-state index in [4.69, 9.17) is 0 Å². The Balaban J connectivity index is 1.95. The maximum atomic E-state index is 9.23. The van der Waals surface area contributed by atoms with E-state index in [2.05, 4.69) is 59.2 Å². The van der Waals surface area contributed by atoms with Crippen molar-refractivity contribution < 1.29 is 0 Å². The standard InChI is InChI=1S/C19H22N4/c1-14-9-10-19(21-17(14)13-20)23-11-5-8-18(23)15-6-4-7-16(12-15)22(2)3/h4,6-7,9-10,12,18H,5,8,11H2,1-3H3. The van der Waals surface area contributed by atoms with Gasteiger partial charge in [0, 0.05) is 26.3 Å². The molecule has 0 saturated carbocycles. The average Bonchev–Trinajstić information content (AvgIpc) is 3.05. The van der Waals surface area contributed by atoms with Crippen LogP contribution in [0.5, 0.6) is 0 Å². The van der Waals surface area contributed by atoms with Gasteiger partial charge in [-0.3, -0.25) is 0 Å². The van der Waals surface area contributed by atoms with E-state index >= 15 is 0 Å². The zero-order valence-electron chi connectivity index (χ0n) is 14.0. The van der Waals surface area contributed by atoms with Crippen molar-refractivity contribution in [2.24, 2.45) is 0 Å². The molecule has 1 aliphatic rings. The Labute approximate surface area is 138 Å². The molecule has 0 spiro atoms. The van der Waals surface area contributed by atoms with Gasteiger partial charge in [0.05, 0.1) is 6.04 Å². The van der Waals surface area contributed by atoms with E-state index in [1.165, 1.54) is 11.3 Å². The SMILES string of the molecule is Cc1ccc(N2CCCC2c2cccc(N(C)C)c2)nc1C#N. The van der Waals surface area contributed by atoms with E-state index in [0.29, 0.717) is 11.7 Å². The van der Waals surface area contributed by atoms with Crippen molar-refractivity contribution in [2.45, 2.75) is 25.8 Å². The summed E-state index contributed by atoms with van der Waals surface area (Å²) in [5.74, 6) is 0.907. The largest absolute Gasteiger partial charge is 0.378 e. The van der Waals surface area contributed by atoms with Crippen LogP contribution in [0.1, 0.15) is 35.7 Å². The predicted octanol–water partition coefficient (Wildman–Crippen LogP) is 3.67. The molecule has 1 aromatic carbocycles. The quantitative estimate of drug-likeness (QED) is 0.868. The van der Waals surface area contributed by atoms with Crippen molar-refractivity contribution in [3.8, 4) is 6.07 Å². The Bertz CT molecular complexity index is 745. The third-order valence-electron chi connectivity index (χ3n) is 4.51. The normalized spacial score (nSPS) is 17.1. The van der Waals surface area contributed by atoms with Gasteiger partial charge in [-0.1, -0.05) is 18.2 Å². The van der Waals surface area contributed by atoms with Crippen LogP contribution in [0.25, 0.3) is 0 Å². The lowest BCUT2D eigenvalue weighted by Gasteiger charge is -2.27. The first-order chi connectivity index (χ1) is 11.1. The number of rotatable bonds is 3. The van der Waals surface area contributed by atoms with E-state index in [1.54, 1.807) is 0 Å². The molecule has 3 rings (SSSR count). The van der Waals surface area contributed by atoms with Crippen LogP contribution in [0, 0.1) is 18.3 Å². The molecule has 1 aromatic heterocycles. The van der Waals surface area contributed by atoms with Crippen LogP contribution in [-0.4, -0.2) is 25.6 Å². The molecule has 0 N–H and O–H groups in total. The number of hydrogen-bond acceptors (Lipinski definition) is 4. The molecule has 118 valence electrons. The predicted molar refractivity (Wildman–Crippen MR) is 93.8 cm³/mol. The fraction of sp³-hybridized carbons (Fsp3) is 0.368. The van der Waals surface area contributed by atoms with Crippen molar-refractivity contribution in [2.75, 3.05) is 30.4 Å². The second kappa shape index (κ2) is 6.29. The van der Waals surface area contributed by atoms with E-state index in [0.717, 1.165) is 30.8 Å². The molecular formula is C19H22N4. The summed E-state index contributed by atoms with van der Waals surface area (Å²) in [6, 6.07) is 15.2. The molecule has 0 amide bonds. The lowest BCUT2D eigenvalue weighted by Crippen LogP contribution is -2.24. The highest BCUT2D eigenvalue weighted by atomic mass is 15.2. The molecule has 1 saturated heterocycles. The summed E-state index contributed by atoms with van der Waals surface area (Å²) < 4.78 is 0. The number of aryl methyl sites for hydroxylation is 1. The van der Waals surface area contributed by atoms with Gasteiger partial charge in [0.1, 0.15) is 17.6 Å². The Kier molecular flexibility index (Phi) is 4.20. The van der Waals surface area contributed by atoms with Crippen LogP contribution >= 0.6 is 0 Å². The van der Waals surface area contributed by atoms with E-state index in [1.807, 2.05) is 19.1 Å². The Hall–Kier alpha value is -2.54. The fourth-order valence-electron chi connectivity index (χ4n) is 3.19. The Morgan fingerprint density at radius 2 is 2.09 bits per heavy atom. The third kappa shape index (κ3) is 3.00. The van der Waals surface area contributed by atoms with Crippen LogP contribution in [0.2, 0.25) is 0 Å². The monoisotopic (exact) mass is 306 g/mol. The first-order valence-corrected chi connectivity index (χ1v) is 8.02. The number of nitriles is 1. The van der Waals surface area contributed by atoms with Gasteiger partial charge in [-0.05, 0) is 49.1 Å². The van der Waals surface area contributed by atoms with E-state index in [-0.39, 0.29) is 0 Å². The molecule has 4 nitrogen and oxygen atoms in total. The number of hydrogen-bond donors (Lipinski definition) is 0. The average molecular weight is 306 g/mol. The topological polar surface area (TPSA) is 43.2 Å². The van der Waals surface area contributed by atoms with Crippen LogP contribution in [-0.2, 0) is 0 Å². The highest BCUT2D eigenvalue weighted by molar-refractivity contribution is 5.52. The van der Waals surface area contributed by atoms with Crippen LogP contribution in [0.4, 0.5) is 11.5 Å². The second-order valence-corrected chi connectivity index (χ2v) is 6.29. The van der Waals surface area contributed by atoms with Crippen molar-refractivity contribution in [3.05, 3.63) is 53.2 Å². The van der Waals surface area contributed by atoms with E-state index < -0.39 is 0 Å². The maximum absolute atomic E-state index is 9.23. The van der Waals surface area contributed by atoms with Gasteiger partial charge in [-0.25, -0.2) is 4.98 Å². The number of nitrogens with zero attached hydrogens (tertiary/aromatic N) is 4. The van der Waals surface area contributed by atoms with E-state index in [9.17, 15) is 5.26 Å². The first-order valence-electron chi connectivity index (χ1n) is 8.02. The number of aromatic nitrogens is 1. The van der Waals surface area contributed by atoms with Crippen LogP contribution in [0.3, 0.4) is 0 Å². The maximum Gasteiger partial charge on any atom is 0.145 e. The molecule has 23 heavy (non-hydrogen) atoms. The molecule has 1 unspecified atom stereocenters. The van der Waals surface area contributed by atoms with Gasteiger partial charge in [0.25, 0.3) is 0 Å². The van der Waals surface area contributed by atoms with Gasteiger partial charge in [-0.15, -0.1) is 0 Å². The highest BCUT2D eigenvalue weighted by Gasteiger charge is 2.27. The molecule has 0 aliphatic carbocycles. The molecule has 4 heteroatoms. The number of pyridine rings is 1. The van der Waals surface area contributed by atoms with Crippen molar-refractivity contribution >= 4 is 11.5 Å². The van der Waals surface area contributed by atoms with Crippen molar-refractivity contribution in [1.82, 2.24) is 4.98 Å². The molecule has 1 atom stereocenters. The lowest BCUT2D eigenvalue weighted by molar-refractivity contribution is 0.711. The van der Waals surface area contributed by atoms with Gasteiger partial charge < -0.3 is 9.80 Å². The van der Waals surface area contributed by atoms with Gasteiger partial charge in [-0.2, -0.15) is 5.26 Å². The minimum atomic E-state index is 0.330. The number of anilines is 2. The zero-order valence-corrected chi connectivity index (χ0v) is 14.0. The molecule has 1 fully saturated rings. The number of benzene rings is 1. The minimum absolute atomic E-state index is 0.330. The minimum Gasteiger partial charge on any atom is -0.378 e. The third-order valence-corrected chi connectivity index (χ3v) is 4.51. The van der Waals surface area contributed by atoms with Crippen LogP contribution < -0.4 is 9.80 Å². The van der Waals surface area contributed by atoms with Gasteiger partial charge in [0.15, 0.2) is 0 Å². The Morgan fingerprint density at radius 3 is 2.83 bits per heavy atom. The second-order valence-electron chi connectivity index (χ2n) is 6.29. The smallest absolute Gasteiger partial charge is 0.145 e. The Morgan fingerprint density at radius 1 is 1.26 bits per heavy atom. The zero-order chi connectivity index (χ0) is 16.4. The molecule has 0 radical (unpaired) electrons. The fourth-order valence-corrected chi connectivity index (χ4v) is 3.19. The van der Waals surface area contributed by atoms with Crippen molar-refractivity contribution in [3.63, 3.8) is 0 Å². The summed E-state index contributed by atoms with van der Waals surface area (Å²) in [6.07, 6.45) is 2.27. The highest BCUT2D eigenvalue weighted by Crippen LogP contribution is 2.36. The molecule has 0 bridgehead atoms. The first kappa shape index (κ1) is 15.4. The molecule has 1 aliphatic heterocycles. The molecule has 2 heterocycles. The van der Waals surface area contributed by atoms with Gasteiger partial charge in [0.2, 0.25) is 0 Å². The summed E-state index contributed by atoms with van der Waals surface area (Å²) in [4.78, 5) is 9.01. The molecule has 2 aromatic rings. The summed E-state index contributed by atoms with van der Waals surface area (Å²) >= 11 is 0. The summed E-state index contributed by atoms with van der Waals surface area (Å²) in [5.41, 5.74) is 3.98. The summed E-state index contributed by atoms with van der Waals surface area (Å²) in [7, 11) is 4.12.